The third-order valence-corrected chi connectivity index (χ3v) is 3.60. The molecule has 0 bridgehead atoms. The highest BCUT2D eigenvalue weighted by atomic mass is 16.5. The Morgan fingerprint density at radius 1 is 1.08 bits per heavy atom. The van der Waals surface area contributed by atoms with Gasteiger partial charge in [0.2, 0.25) is 5.95 Å². The number of anilines is 1. The van der Waals surface area contributed by atoms with Gasteiger partial charge >= 0.3 is 0 Å². The van der Waals surface area contributed by atoms with Crippen LogP contribution in [0.5, 0.6) is 11.5 Å². The number of aromatic nitrogens is 2. The average Bonchev–Trinajstić information content (AvgIpc) is 2.67. The SMILES string of the molecule is COc1cc(CCCCNc2ncc(C(=O)NO)cn2)cc(OC)c1. The molecule has 0 saturated carbocycles. The normalized spacial score (nSPS) is 10.2. The molecule has 8 nitrogen and oxygen atoms in total. The number of hydroxylamine groups is 1. The quantitative estimate of drug-likeness (QED) is 0.362. The van der Waals surface area contributed by atoms with Crippen molar-refractivity contribution in [3.8, 4) is 11.5 Å². The molecule has 1 heterocycles. The molecule has 0 fully saturated rings. The summed E-state index contributed by atoms with van der Waals surface area (Å²) < 4.78 is 10.5. The number of carbonyl (C=O) groups is 1. The van der Waals surface area contributed by atoms with E-state index in [2.05, 4.69) is 15.3 Å². The molecule has 1 aromatic heterocycles. The van der Waals surface area contributed by atoms with Crippen LogP contribution in [0.2, 0.25) is 0 Å². The predicted octanol–water partition coefficient (Wildman–Crippen LogP) is 2.05. The summed E-state index contributed by atoms with van der Waals surface area (Å²) in [4.78, 5) is 19.2. The Morgan fingerprint density at radius 2 is 1.72 bits per heavy atom. The molecule has 1 amide bonds. The van der Waals surface area contributed by atoms with E-state index < -0.39 is 5.91 Å². The lowest BCUT2D eigenvalue weighted by molar-refractivity contribution is 0.0705. The summed E-state index contributed by atoms with van der Waals surface area (Å²) >= 11 is 0. The highest BCUT2D eigenvalue weighted by Crippen LogP contribution is 2.23. The summed E-state index contributed by atoms with van der Waals surface area (Å²) in [5, 5.41) is 11.6. The molecule has 3 N–H and O–H groups in total. The number of unbranched alkanes of at least 4 members (excludes halogenated alkanes) is 1. The molecule has 2 aromatic rings. The Hall–Kier alpha value is -2.87. The largest absolute Gasteiger partial charge is 0.497 e. The van der Waals surface area contributed by atoms with Crippen molar-refractivity contribution in [2.75, 3.05) is 26.1 Å². The molecule has 25 heavy (non-hydrogen) atoms. The van der Waals surface area contributed by atoms with Crippen LogP contribution >= 0.6 is 0 Å². The first-order chi connectivity index (χ1) is 12.2. The molecule has 0 aliphatic heterocycles. The lowest BCUT2D eigenvalue weighted by atomic mass is 10.1. The molecule has 134 valence electrons. The molecular weight excluding hydrogens is 324 g/mol. The summed E-state index contributed by atoms with van der Waals surface area (Å²) in [7, 11) is 3.27. The molecule has 1 aromatic carbocycles. The molecule has 8 heteroatoms. The van der Waals surface area contributed by atoms with Crippen molar-refractivity contribution in [1.29, 1.82) is 0 Å². The van der Waals surface area contributed by atoms with Gasteiger partial charge in [0.25, 0.3) is 5.91 Å². The predicted molar refractivity (Wildman–Crippen MR) is 92.3 cm³/mol. The zero-order valence-electron chi connectivity index (χ0n) is 14.3. The maximum Gasteiger partial charge on any atom is 0.277 e. The number of aryl methyl sites for hydroxylation is 1. The number of benzene rings is 1. The van der Waals surface area contributed by atoms with Gasteiger partial charge in [-0.3, -0.25) is 10.0 Å². The fourth-order valence-corrected chi connectivity index (χ4v) is 2.27. The van der Waals surface area contributed by atoms with Crippen molar-refractivity contribution in [1.82, 2.24) is 15.4 Å². The molecular formula is C17H22N4O4. The number of rotatable bonds is 9. The Balaban J connectivity index is 1.75. The monoisotopic (exact) mass is 346 g/mol. The van der Waals surface area contributed by atoms with Gasteiger partial charge in [-0.05, 0) is 37.0 Å². The van der Waals surface area contributed by atoms with Gasteiger partial charge in [0.15, 0.2) is 0 Å². The van der Waals surface area contributed by atoms with E-state index in [4.69, 9.17) is 14.7 Å². The van der Waals surface area contributed by atoms with E-state index in [1.807, 2.05) is 18.2 Å². The molecule has 0 spiro atoms. The van der Waals surface area contributed by atoms with Crippen molar-refractivity contribution in [2.45, 2.75) is 19.3 Å². The number of hydrogen-bond donors (Lipinski definition) is 3. The minimum Gasteiger partial charge on any atom is -0.497 e. The van der Waals surface area contributed by atoms with Crippen molar-refractivity contribution in [3.05, 3.63) is 41.7 Å². The zero-order valence-corrected chi connectivity index (χ0v) is 14.3. The van der Waals surface area contributed by atoms with Crippen molar-refractivity contribution in [3.63, 3.8) is 0 Å². The van der Waals surface area contributed by atoms with Gasteiger partial charge in [-0.1, -0.05) is 0 Å². The van der Waals surface area contributed by atoms with E-state index in [0.29, 0.717) is 12.5 Å². The first kappa shape index (κ1) is 18.5. The smallest absolute Gasteiger partial charge is 0.277 e. The van der Waals surface area contributed by atoms with Crippen molar-refractivity contribution >= 4 is 11.9 Å². The van der Waals surface area contributed by atoms with E-state index in [9.17, 15) is 4.79 Å². The number of nitrogens with one attached hydrogen (secondary N) is 2. The first-order valence-electron chi connectivity index (χ1n) is 7.88. The first-order valence-corrected chi connectivity index (χ1v) is 7.88. The summed E-state index contributed by atoms with van der Waals surface area (Å²) in [6.07, 6.45) is 5.52. The van der Waals surface area contributed by atoms with Crippen LogP contribution in [-0.2, 0) is 6.42 Å². The summed E-state index contributed by atoms with van der Waals surface area (Å²) in [5.74, 6) is 1.37. The number of nitrogens with zero attached hydrogens (tertiary/aromatic N) is 2. The third kappa shape index (κ3) is 5.61. The topological polar surface area (TPSA) is 106 Å². The lowest BCUT2D eigenvalue weighted by Crippen LogP contribution is -2.19. The Morgan fingerprint density at radius 3 is 2.28 bits per heavy atom. The second kappa shape index (κ2) is 9.43. The van der Waals surface area contributed by atoms with Gasteiger partial charge < -0.3 is 14.8 Å². The van der Waals surface area contributed by atoms with Gasteiger partial charge in [0, 0.05) is 25.0 Å². The number of methoxy groups -OCH3 is 2. The van der Waals surface area contributed by atoms with Crippen molar-refractivity contribution < 1.29 is 19.5 Å². The molecule has 0 radical (unpaired) electrons. The van der Waals surface area contributed by atoms with Crippen LogP contribution in [0.4, 0.5) is 5.95 Å². The molecule has 2 rings (SSSR count). The van der Waals surface area contributed by atoms with Gasteiger partial charge in [-0.2, -0.15) is 0 Å². The van der Waals surface area contributed by atoms with E-state index >= 15 is 0 Å². The maximum absolute atomic E-state index is 11.2. The summed E-state index contributed by atoms with van der Waals surface area (Å²) in [6.45, 7) is 0.715. The van der Waals surface area contributed by atoms with Crippen molar-refractivity contribution in [2.24, 2.45) is 0 Å². The molecule has 0 aliphatic carbocycles. The average molecular weight is 346 g/mol. The van der Waals surface area contributed by atoms with Gasteiger partial charge in [0.05, 0.1) is 19.8 Å². The minimum absolute atomic E-state index is 0.194. The Labute approximate surface area is 146 Å². The van der Waals surface area contributed by atoms with Crippen LogP contribution in [-0.4, -0.2) is 41.8 Å². The second-order valence-corrected chi connectivity index (χ2v) is 5.34. The Kier molecular flexibility index (Phi) is 6.97. The van der Waals surface area contributed by atoms with E-state index in [1.165, 1.54) is 17.9 Å². The minimum atomic E-state index is -0.639. The van der Waals surface area contributed by atoms with Gasteiger partial charge in [-0.15, -0.1) is 0 Å². The zero-order chi connectivity index (χ0) is 18.1. The van der Waals surface area contributed by atoms with Crippen LogP contribution in [0, 0.1) is 0 Å². The highest BCUT2D eigenvalue weighted by Gasteiger charge is 2.05. The standard InChI is InChI=1S/C17H22N4O4/c1-24-14-7-12(8-15(9-14)25-2)5-3-4-6-18-17-19-10-13(11-20-17)16(22)21-23/h7-11,23H,3-6H2,1-2H3,(H,21,22)(H,18,19,20). The Bertz CT molecular complexity index is 669. The highest BCUT2D eigenvalue weighted by molar-refractivity contribution is 5.92. The van der Waals surface area contributed by atoms with Gasteiger partial charge in [-0.25, -0.2) is 15.4 Å². The number of amides is 1. The van der Waals surface area contributed by atoms with Crippen LogP contribution in [0.15, 0.2) is 30.6 Å². The van der Waals surface area contributed by atoms with Crippen LogP contribution < -0.4 is 20.3 Å². The third-order valence-electron chi connectivity index (χ3n) is 3.60. The van der Waals surface area contributed by atoms with Crippen LogP contribution in [0.1, 0.15) is 28.8 Å². The summed E-state index contributed by atoms with van der Waals surface area (Å²) in [6, 6.07) is 5.86. The maximum atomic E-state index is 11.2. The fourth-order valence-electron chi connectivity index (χ4n) is 2.27. The number of hydrogen-bond acceptors (Lipinski definition) is 7. The second-order valence-electron chi connectivity index (χ2n) is 5.34. The molecule has 0 saturated heterocycles. The fraction of sp³-hybridized carbons (Fsp3) is 0.353. The van der Waals surface area contributed by atoms with Crippen LogP contribution in [0.3, 0.4) is 0 Å². The van der Waals surface area contributed by atoms with E-state index in [1.54, 1.807) is 14.2 Å². The van der Waals surface area contributed by atoms with E-state index in [0.717, 1.165) is 36.3 Å². The van der Waals surface area contributed by atoms with E-state index in [-0.39, 0.29) is 5.56 Å². The molecule has 0 atom stereocenters. The van der Waals surface area contributed by atoms with Gasteiger partial charge in [0.1, 0.15) is 11.5 Å². The van der Waals surface area contributed by atoms with Crippen LogP contribution in [0.25, 0.3) is 0 Å². The lowest BCUT2D eigenvalue weighted by Gasteiger charge is -2.09. The molecule has 0 unspecified atom stereocenters. The number of ether oxygens (including phenoxy) is 2. The summed E-state index contributed by atoms with van der Waals surface area (Å²) in [5.41, 5.74) is 2.89. The number of carbonyl (C=O) groups excluding carboxylic acids is 1. The molecule has 0 aliphatic rings.